The molecule has 2 aliphatic rings. The molecule has 2 aromatic rings. The highest BCUT2D eigenvalue weighted by atomic mass is 32.2. The number of fused-ring (bicyclic) bond motifs is 1. The van der Waals surface area contributed by atoms with E-state index >= 15 is 0 Å². The van der Waals surface area contributed by atoms with Gasteiger partial charge in [-0.25, -0.2) is 23.1 Å². The van der Waals surface area contributed by atoms with E-state index in [-0.39, 0.29) is 12.6 Å². The average Bonchev–Trinajstić information content (AvgIpc) is 2.97. The first-order chi connectivity index (χ1) is 13.0. The summed E-state index contributed by atoms with van der Waals surface area (Å²) in [6, 6.07) is 5.36. The van der Waals surface area contributed by atoms with E-state index in [1.165, 1.54) is 0 Å². The van der Waals surface area contributed by atoms with Crippen LogP contribution in [0.15, 0.2) is 29.3 Å². The monoisotopic (exact) mass is 390 g/mol. The molecule has 0 aliphatic carbocycles. The molecule has 27 heavy (non-hydrogen) atoms. The molecule has 4 rings (SSSR count). The molecule has 0 aromatic carbocycles. The lowest BCUT2D eigenvalue weighted by Crippen LogP contribution is -2.39. The molecule has 0 amide bonds. The average molecular weight is 390 g/mol. The second-order valence-electron chi connectivity index (χ2n) is 6.74. The molecule has 0 atom stereocenters. The molecule has 2 aromatic heterocycles. The van der Waals surface area contributed by atoms with Gasteiger partial charge in [-0.1, -0.05) is 0 Å². The third-order valence-corrected chi connectivity index (χ3v) is 6.36. The standard InChI is InChI=1S/C18H22N4O4S/c1-12-9-16-15(11-20-27(16,23)24)21-18(12)22-7-5-13(6-8-22)26-14-3-4-17(25-2)19-10-14/h3-4,9-10,13,20H,5-8,11H2,1-2H3. The number of hydrogen-bond donors (Lipinski definition) is 1. The smallest absolute Gasteiger partial charge is 0.242 e. The maximum atomic E-state index is 12.0. The molecule has 8 nitrogen and oxygen atoms in total. The number of sulfonamides is 1. The fraction of sp³-hybridized carbons (Fsp3) is 0.444. The fourth-order valence-corrected chi connectivity index (χ4v) is 4.71. The van der Waals surface area contributed by atoms with E-state index in [2.05, 4.69) is 19.6 Å². The second-order valence-corrected chi connectivity index (χ2v) is 8.47. The van der Waals surface area contributed by atoms with Gasteiger partial charge in [-0.15, -0.1) is 0 Å². The van der Waals surface area contributed by atoms with Crippen LogP contribution in [0.1, 0.15) is 24.1 Å². The first-order valence-electron chi connectivity index (χ1n) is 8.88. The van der Waals surface area contributed by atoms with Crippen molar-refractivity contribution in [1.82, 2.24) is 14.7 Å². The molecule has 1 fully saturated rings. The van der Waals surface area contributed by atoms with Crippen molar-refractivity contribution in [2.75, 3.05) is 25.1 Å². The number of hydrogen-bond acceptors (Lipinski definition) is 7. The van der Waals surface area contributed by atoms with Gasteiger partial charge >= 0.3 is 0 Å². The lowest BCUT2D eigenvalue weighted by molar-refractivity contribution is 0.169. The minimum absolute atomic E-state index is 0.119. The Kier molecular flexibility index (Phi) is 4.65. The Bertz CT molecular complexity index is 939. The van der Waals surface area contributed by atoms with Crippen molar-refractivity contribution in [3.8, 4) is 11.6 Å². The molecule has 1 N–H and O–H groups in total. The summed E-state index contributed by atoms with van der Waals surface area (Å²) in [4.78, 5) is 11.3. The van der Waals surface area contributed by atoms with Gasteiger partial charge in [0.05, 0.1) is 25.5 Å². The Morgan fingerprint density at radius 2 is 2.04 bits per heavy atom. The number of aryl methyl sites for hydroxylation is 1. The summed E-state index contributed by atoms with van der Waals surface area (Å²) in [5.41, 5.74) is 1.47. The number of nitrogens with zero attached hydrogens (tertiary/aromatic N) is 3. The summed E-state index contributed by atoms with van der Waals surface area (Å²) in [6.45, 7) is 3.78. The largest absolute Gasteiger partial charge is 0.489 e. The summed E-state index contributed by atoms with van der Waals surface area (Å²) < 4.78 is 37.5. The quantitative estimate of drug-likeness (QED) is 0.848. The van der Waals surface area contributed by atoms with Crippen molar-refractivity contribution in [2.24, 2.45) is 0 Å². The lowest BCUT2D eigenvalue weighted by atomic mass is 10.1. The van der Waals surface area contributed by atoms with Crippen molar-refractivity contribution in [3.63, 3.8) is 0 Å². The van der Waals surface area contributed by atoms with Gasteiger partial charge in [0.25, 0.3) is 0 Å². The fourth-order valence-electron chi connectivity index (χ4n) is 3.47. The van der Waals surface area contributed by atoms with Gasteiger partial charge in [0.15, 0.2) is 0 Å². The predicted molar refractivity (Wildman–Crippen MR) is 99.7 cm³/mol. The van der Waals surface area contributed by atoms with Crippen molar-refractivity contribution in [3.05, 3.63) is 35.7 Å². The Labute approximate surface area is 158 Å². The predicted octanol–water partition coefficient (Wildman–Crippen LogP) is 1.63. The van der Waals surface area contributed by atoms with Crippen LogP contribution in [0.25, 0.3) is 0 Å². The molecule has 0 unspecified atom stereocenters. The number of piperidine rings is 1. The highest BCUT2D eigenvalue weighted by Crippen LogP contribution is 2.29. The molecule has 9 heteroatoms. The summed E-state index contributed by atoms with van der Waals surface area (Å²) >= 11 is 0. The third kappa shape index (κ3) is 3.57. The third-order valence-electron chi connectivity index (χ3n) is 4.91. The van der Waals surface area contributed by atoms with E-state index in [0.29, 0.717) is 16.5 Å². The zero-order chi connectivity index (χ0) is 19.0. The van der Waals surface area contributed by atoms with Crippen molar-refractivity contribution >= 4 is 15.8 Å². The molecule has 4 heterocycles. The van der Waals surface area contributed by atoms with Gasteiger partial charge in [-0.05, 0) is 24.6 Å². The van der Waals surface area contributed by atoms with Crippen LogP contribution >= 0.6 is 0 Å². The molecule has 0 bridgehead atoms. The summed E-state index contributed by atoms with van der Waals surface area (Å²) in [5, 5.41) is 0. The molecule has 0 saturated carbocycles. The summed E-state index contributed by atoms with van der Waals surface area (Å²) in [7, 11) is -1.81. The molecular weight excluding hydrogens is 368 g/mol. The number of aromatic nitrogens is 2. The zero-order valence-electron chi connectivity index (χ0n) is 15.3. The highest BCUT2D eigenvalue weighted by Gasteiger charge is 2.30. The van der Waals surface area contributed by atoms with Crippen LogP contribution in [0, 0.1) is 6.92 Å². The lowest BCUT2D eigenvalue weighted by Gasteiger charge is -2.33. The van der Waals surface area contributed by atoms with Crippen molar-refractivity contribution in [1.29, 1.82) is 0 Å². The van der Waals surface area contributed by atoms with Crippen LogP contribution in [0.5, 0.6) is 11.6 Å². The summed E-state index contributed by atoms with van der Waals surface area (Å²) in [6.07, 6.45) is 3.51. The van der Waals surface area contributed by atoms with E-state index in [1.807, 2.05) is 13.0 Å². The first kappa shape index (κ1) is 18.0. The summed E-state index contributed by atoms with van der Waals surface area (Å²) in [5.74, 6) is 2.15. The molecule has 0 radical (unpaired) electrons. The minimum Gasteiger partial charge on any atom is -0.489 e. The van der Waals surface area contributed by atoms with E-state index in [1.54, 1.807) is 25.4 Å². The van der Waals surface area contributed by atoms with Crippen LogP contribution in [0.4, 0.5) is 5.82 Å². The van der Waals surface area contributed by atoms with Crippen molar-refractivity contribution in [2.45, 2.75) is 37.3 Å². The zero-order valence-corrected chi connectivity index (χ0v) is 16.1. The molecule has 1 saturated heterocycles. The van der Waals surface area contributed by atoms with Gasteiger partial charge in [0.2, 0.25) is 15.9 Å². The van der Waals surface area contributed by atoms with Crippen LogP contribution < -0.4 is 19.1 Å². The van der Waals surface area contributed by atoms with Crippen LogP contribution in [0.2, 0.25) is 0 Å². The molecule has 0 spiro atoms. The maximum Gasteiger partial charge on any atom is 0.242 e. The normalized spacial score (nSPS) is 19.0. The number of methoxy groups -OCH3 is 1. The Hall–Kier alpha value is -2.39. The number of pyridine rings is 2. The van der Waals surface area contributed by atoms with E-state index in [4.69, 9.17) is 9.47 Å². The van der Waals surface area contributed by atoms with E-state index in [0.717, 1.165) is 43.1 Å². The number of ether oxygens (including phenoxy) is 2. The minimum atomic E-state index is -3.39. The topological polar surface area (TPSA) is 93.7 Å². The molecule has 144 valence electrons. The number of anilines is 1. The van der Waals surface area contributed by atoms with E-state index in [9.17, 15) is 8.42 Å². The molecule has 2 aliphatic heterocycles. The Morgan fingerprint density at radius 3 is 2.70 bits per heavy atom. The van der Waals surface area contributed by atoms with Gasteiger partial charge < -0.3 is 14.4 Å². The Balaban J connectivity index is 1.42. The number of rotatable bonds is 4. The van der Waals surface area contributed by atoms with Gasteiger partial charge in [0, 0.05) is 32.0 Å². The SMILES string of the molecule is COc1ccc(OC2CCN(c3nc4c(cc3C)S(=O)(=O)NC4)CC2)cn1. The second kappa shape index (κ2) is 6.97. The van der Waals surface area contributed by atoms with Gasteiger partial charge in [-0.2, -0.15) is 0 Å². The highest BCUT2D eigenvalue weighted by molar-refractivity contribution is 7.89. The van der Waals surface area contributed by atoms with Crippen molar-refractivity contribution < 1.29 is 17.9 Å². The maximum absolute atomic E-state index is 12.0. The van der Waals surface area contributed by atoms with Gasteiger partial charge in [-0.3, -0.25) is 0 Å². The van der Waals surface area contributed by atoms with E-state index < -0.39 is 10.0 Å². The van der Waals surface area contributed by atoms with Crippen LogP contribution in [0.3, 0.4) is 0 Å². The van der Waals surface area contributed by atoms with Gasteiger partial charge in [0.1, 0.15) is 22.6 Å². The first-order valence-corrected chi connectivity index (χ1v) is 10.4. The Morgan fingerprint density at radius 1 is 1.26 bits per heavy atom. The molecular formula is C18H22N4O4S. The van der Waals surface area contributed by atoms with Crippen LogP contribution in [-0.2, 0) is 16.6 Å². The number of nitrogens with one attached hydrogen (secondary N) is 1. The van der Waals surface area contributed by atoms with Crippen LogP contribution in [-0.4, -0.2) is 44.7 Å².